The third kappa shape index (κ3) is 5.85. The number of benzene rings is 1. The van der Waals surface area contributed by atoms with Crippen LogP contribution in [0.3, 0.4) is 0 Å². The van der Waals surface area contributed by atoms with Crippen LogP contribution in [0.2, 0.25) is 0 Å². The molecule has 0 unspecified atom stereocenters. The number of hydrogen-bond acceptors (Lipinski definition) is 5. The number of thiophene rings is 1. The summed E-state index contributed by atoms with van der Waals surface area (Å²) in [4.78, 5) is 15.7. The zero-order valence-electron chi connectivity index (χ0n) is 15.3. The maximum absolute atomic E-state index is 12.7. The molecule has 0 aliphatic heterocycles. The highest BCUT2D eigenvalue weighted by molar-refractivity contribution is 7.87. The molecular formula is C19H25NO4S2. The van der Waals surface area contributed by atoms with Gasteiger partial charge in [-0.2, -0.15) is 8.42 Å². The Hall–Kier alpha value is -1.86. The number of rotatable bonds is 9. The quantitative estimate of drug-likeness (QED) is 0.605. The lowest BCUT2D eigenvalue weighted by Gasteiger charge is -2.29. The van der Waals surface area contributed by atoms with Gasteiger partial charge in [0.2, 0.25) is 5.91 Å². The van der Waals surface area contributed by atoms with Crippen LogP contribution in [0.4, 0.5) is 0 Å². The van der Waals surface area contributed by atoms with Crippen molar-refractivity contribution in [2.24, 2.45) is 0 Å². The molecule has 26 heavy (non-hydrogen) atoms. The molecule has 1 atom stereocenters. The van der Waals surface area contributed by atoms with E-state index >= 15 is 0 Å². The van der Waals surface area contributed by atoms with Gasteiger partial charge in [-0.25, -0.2) is 0 Å². The molecule has 142 valence electrons. The van der Waals surface area contributed by atoms with Gasteiger partial charge in [0.25, 0.3) is 0 Å². The largest absolute Gasteiger partial charge is 0.382 e. The zero-order chi connectivity index (χ0) is 19.2. The van der Waals surface area contributed by atoms with E-state index in [1.165, 1.54) is 6.92 Å². The van der Waals surface area contributed by atoms with E-state index in [1.54, 1.807) is 35.6 Å². The Bertz CT molecular complexity index is 799. The van der Waals surface area contributed by atoms with E-state index < -0.39 is 10.1 Å². The average molecular weight is 396 g/mol. The van der Waals surface area contributed by atoms with E-state index in [4.69, 9.17) is 4.18 Å². The fourth-order valence-corrected chi connectivity index (χ4v) is 3.64. The van der Waals surface area contributed by atoms with Crippen molar-refractivity contribution in [2.75, 3.05) is 5.75 Å². The van der Waals surface area contributed by atoms with Crippen LogP contribution in [0.1, 0.15) is 37.6 Å². The lowest BCUT2D eigenvalue weighted by atomic mass is 10.1. The van der Waals surface area contributed by atoms with Crippen LogP contribution in [0, 0.1) is 0 Å². The molecule has 1 aromatic heterocycles. The standard InChI is InChI=1S/C19H25NO4S2/c1-4-15(3)20(19(21)13-18-7-6-12-25-18)14-16-8-10-17(11-9-16)24-26(22,23)5-2/h6-12,15H,4-5,13-14H2,1-3H3/t15-/m1/s1. The minimum atomic E-state index is -3.53. The predicted molar refractivity (Wildman–Crippen MR) is 105 cm³/mol. The molecule has 1 heterocycles. The van der Waals surface area contributed by atoms with E-state index in [0.717, 1.165) is 16.9 Å². The molecule has 2 rings (SSSR count). The predicted octanol–water partition coefficient (Wildman–Crippen LogP) is 3.85. The van der Waals surface area contributed by atoms with Gasteiger partial charge in [-0.1, -0.05) is 25.1 Å². The summed E-state index contributed by atoms with van der Waals surface area (Å²) in [5, 5.41) is 1.97. The first-order chi connectivity index (χ1) is 12.3. The van der Waals surface area contributed by atoms with Gasteiger partial charge in [0.1, 0.15) is 5.75 Å². The van der Waals surface area contributed by atoms with Crippen molar-refractivity contribution in [3.05, 3.63) is 52.2 Å². The molecule has 1 aromatic carbocycles. The van der Waals surface area contributed by atoms with Gasteiger partial charge in [0.05, 0.1) is 12.2 Å². The van der Waals surface area contributed by atoms with Crippen molar-refractivity contribution in [1.82, 2.24) is 4.90 Å². The van der Waals surface area contributed by atoms with Gasteiger partial charge in [0, 0.05) is 17.5 Å². The smallest absolute Gasteiger partial charge is 0.308 e. The topological polar surface area (TPSA) is 63.7 Å². The van der Waals surface area contributed by atoms with Gasteiger partial charge in [-0.15, -0.1) is 11.3 Å². The highest BCUT2D eigenvalue weighted by Gasteiger charge is 2.20. The van der Waals surface area contributed by atoms with Crippen LogP contribution in [-0.4, -0.2) is 31.0 Å². The van der Waals surface area contributed by atoms with Crippen LogP contribution in [0.5, 0.6) is 5.75 Å². The number of carbonyl (C=O) groups excluding carboxylic acids is 1. The van der Waals surface area contributed by atoms with E-state index in [2.05, 4.69) is 6.92 Å². The number of amides is 1. The van der Waals surface area contributed by atoms with Gasteiger partial charge in [-0.05, 0) is 49.4 Å². The maximum atomic E-state index is 12.7. The molecule has 0 saturated heterocycles. The molecule has 2 aromatic rings. The fraction of sp³-hybridized carbons (Fsp3) is 0.421. The summed E-state index contributed by atoms with van der Waals surface area (Å²) in [6.45, 7) is 6.12. The van der Waals surface area contributed by atoms with Crippen molar-refractivity contribution >= 4 is 27.4 Å². The monoisotopic (exact) mass is 395 g/mol. The minimum Gasteiger partial charge on any atom is -0.382 e. The number of carbonyl (C=O) groups is 1. The number of hydrogen-bond donors (Lipinski definition) is 0. The maximum Gasteiger partial charge on any atom is 0.308 e. The van der Waals surface area contributed by atoms with E-state index in [9.17, 15) is 13.2 Å². The molecule has 0 N–H and O–H groups in total. The molecule has 0 spiro atoms. The average Bonchev–Trinajstić information content (AvgIpc) is 3.13. The van der Waals surface area contributed by atoms with E-state index in [-0.39, 0.29) is 23.5 Å². The summed E-state index contributed by atoms with van der Waals surface area (Å²) in [7, 11) is -3.53. The molecule has 5 nitrogen and oxygen atoms in total. The fourth-order valence-electron chi connectivity index (χ4n) is 2.43. The Morgan fingerprint density at radius 2 is 1.88 bits per heavy atom. The van der Waals surface area contributed by atoms with Crippen molar-refractivity contribution < 1.29 is 17.4 Å². The first-order valence-electron chi connectivity index (χ1n) is 8.67. The molecule has 0 fully saturated rings. The minimum absolute atomic E-state index is 0.0756. The van der Waals surface area contributed by atoms with Gasteiger partial charge in [0.15, 0.2) is 0 Å². The van der Waals surface area contributed by atoms with Crippen molar-refractivity contribution in [2.45, 2.75) is 46.2 Å². The second-order valence-corrected chi connectivity index (χ2v) is 9.00. The highest BCUT2D eigenvalue weighted by atomic mass is 32.2. The van der Waals surface area contributed by atoms with Crippen LogP contribution in [0.15, 0.2) is 41.8 Å². The first kappa shape index (κ1) is 20.5. The summed E-state index contributed by atoms with van der Waals surface area (Å²) in [5.74, 6) is 0.305. The van der Waals surface area contributed by atoms with Crippen molar-refractivity contribution in [1.29, 1.82) is 0 Å². The van der Waals surface area contributed by atoms with Gasteiger partial charge >= 0.3 is 10.1 Å². The van der Waals surface area contributed by atoms with Crippen LogP contribution in [0.25, 0.3) is 0 Å². The summed E-state index contributed by atoms with van der Waals surface area (Å²) < 4.78 is 28.0. The summed E-state index contributed by atoms with van der Waals surface area (Å²) in [5.41, 5.74) is 0.936. The molecule has 0 aliphatic rings. The summed E-state index contributed by atoms with van der Waals surface area (Å²) >= 11 is 1.58. The molecule has 7 heteroatoms. The van der Waals surface area contributed by atoms with Crippen LogP contribution >= 0.6 is 11.3 Å². The van der Waals surface area contributed by atoms with Gasteiger partial charge < -0.3 is 9.08 Å². The number of nitrogens with zero attached hydrogens (tertiary/aromatic N) is 1. The lowest BCUT2D eigenvalue weighted by Crippen LogP contribution is -2.38. The molecule has 0 bridgehead atoms. The Kier molecular flexibility index (Phi) is 7.23. The van der Waals surface area contributed by atoms with E-state index in [0.29, 0.717) is 13.0 Å². The molecule has 1 amide bonds. The Balaban J connectivity index is 2.09. The normalized spacial score (nSPS) is 12.6. The summed E-state index contributed by atoms with van der Waals surface area (Å²) in [6, 6.07) is 10.9. The summed E-state index contributed by atoms with van der Waals surface area (Å²) in [6.07, 6.45) is 1.27. The third-order valence-electron chi connectivity index (χ3n) is 4.20. The lowest BCUT2D eigenvalue weighted by molar-refractivity contribution is -0.133. The Morgan fingerprint density at radius 1 is 1.19 bits per heavy atom. The highest BCUT2D eigenvalue weighted by Crippen LogP contribution is 2.19. The SMILES string of the molecule is CC[C@@H](C)N(Cc1ccc(OS(=O)(=O)CC)cc1)C(=O)Cc1cccs1. The second-order valence-electron chi connectivity index (χ2n) is 6.11. The van der Waals surface area contributed by atoms with Crippen LogP contribution < -0.4 is 4.18 Å². The molecular weight excluding hydrogens is 370 g/mol. The zero-order valence-corrected chi connectivity index (χ0v) is 17.0. The first-order valence-corrected chi connectivity index (χ1v) is 11.1. The second kappa shape index (κ2) is 9.19. The molecule has 0 radical (unpaired) electrons. The van der Waals surface area contributed by atoms with Gasteiger partial charge in [-0.3, -0.25) is 4.79 Å². The van der Waals surface area contributed by atoms with Crippen molar-refractivity contribution in [3.8, 4) is 5.75 Å². The van der Waals surface area contributed by atoms with E-state index in [1.807, 2.05) is 29.3 Å². The Labute approximate surface area is 159 Å². The Morgan fingerprint density at radius 3 is 2.42 bits per heavy atom. The van der Waals surface area contributed by atoms with Crippen molar-refractivity contribution in [3.63, 3.8) is 0 Å². The third-order valence-corrected chi connectivity index (χ3v) is 6.23. The molecule has 0 aliphatic carbocycles. The van der Waals surface area contributed by atoms with Crippen LogP contribution in [-0.2, 0) is 27.9 Å². The molecule has 0 saturated carbocycles.